The van der Waals surface area contributed by atoms with Gasteiger partial charge in [0.15, 0.2) is 0 Å². The van der Waals surface area contributed by atoms with Gasteiger partial charge >= 0.3 is 0 Å². The fourth-order valence-electron chi connectivity index (χ4n) is 7.93. The van der Waals surface area contributed by atoms with Gasteiger partial charge in [0.25, 0.3) is 0 Å². The molecule has 0 aromatic rings. The number of nitrogens with one attached hydrogen (secondary N) is 1. The molecule has 2 aliphatic heterocycles. The summed E-state index contributed by atoms with van der Waals surface area (Å²) in [7, 11) is 0. The number of hydrogen-bond donors (Lipinski definition) is 7. The average molecular weight is 787 g/mol. The molecule has 0 amide bonds. The van der Waals surface area contributed by atoms with E-state index in [4.69, 9.17) is 0 Å². The molecule has 2 aliphatic rings. The number of nitrogens with zero attached hydrogens (tertiary/aromatic N) is 1. The van der Waals surface area contributed by atoms with Gasteiger partial charge in [-0.15, -0.1) is 0 Å². The minimum Gasteiger partial charge on any atom is -0.389 e. The molecule has 2 unspecified atom stereocenters. The summed E-state index contributed by atoms with van der Waals surface area (Å²) >= 11 is 0. The molecule has 2 saturated heterocycles. The molecule has 9 heteroatoms. The van der Waals surface area contributed by atoms with Gasteiger partial charge in [0.05, 0.1) is 24.4 Å². The molecule has 7 N–H and O–H groups in total. The summed E-state index contributed by atoms with van der Waals surface area (Å²) in [6, 6.07) is -0.0711. The summed E-state index contributed by atoms with van der Waals surface area (Å²) in [5, 5.41) is 62.5. The quantitative estimate of drug-likeness (QED) is 0.0270. The zero-order valence-electron chi connectivity index (χ0n) is 36.6. The third-order valence-corrected chi connectivity index (χ3v) is 11.7. The van der Waals surface area contributed by atoms with E-state index < -0.39 is 36.6 Å². The van der Waals surface area contributed by atoms with Gasteiger partial charge in [-0.3, -0.25) is 4.90 Å². The smallest absolute Gasteiger partial charge is 0.119 e. The first-order valence-corrected chi connectivity index (χ1v) is 23.7. The van der Waals surface area contributed by atoms with Gasteiger partial charge in [-0.1, -0.05) is 188 Å². The molecule has 2 heterocycles. The lowest BCUT2D eigenvalue weighted by atomic mass is 9.89. The number of β-amino-alcohol motifs (C(OH)–C–C–N with tert-alkyl or cyclic N) is 2. The maximum Gasteiger partial charge on any atom is 0.119 e. The van der Waals surface area contributed by atoms with Gasteiger partial charge in [-0.25, -0.2) is 0 Å². The van der Waals surface area contributed by atoms with Crippen LogP contribution in [-0.2, 0) is 4.79 Å². The second-order valence-corrected chi connectivity index (χ2v) is 16.8. The lowest BCUT2D eigenvalue weighted by Gasteiger charge is -2.44. The third kappa shape index (κ3) is 28.4. The Labute approximate surface area is 339 Å². The van der Waals surface area contributed by atoms with Gasteiger partial charge in [0.2, 0.25) is 0 Å². The third-order valence-electron chi connectivity index (χ3n) is 11.7. The van der Waals surface area contributed by atoms with E-state index in [9.17, 15) is 35.4 Å². The van der Waals surface area contributed by atoms with Gasteiger partial charge < -0.3 is 40.8 Å². The van der Waals surface area contributed by atoms with Crippen molar-refractivity contribution in [3.05, 3.63) is 0 Å². The number of carbonyl (C=O) groups excluding carboxylic acids is 1. The summed E-state index contributed by atoms with van der Waals surface area (Å²) in [6.45, 7) is 10.7. The summed E-state index contributed by atoms with van der Waals surface area (Å²) in [6.07, 6.45) is 32.3. The Morgan fingerprint density at radius 2 is 0.873 bits per heavy atom. The summed E-state index contributed by atoms with van der Waals surface area (Å²) in [5.74, 6) is 0. The van der Waals surface area contributed by atoms with Crippen LogP contribution in [0.5, 0.6) is 0 Å². The van der Waals surface area contributed by atoms with Crippen molar-refractivity contribution in [2.24, 2.45) is 0 Å². The van der Waals surface area contributed by atoms with Crippen LogP contribution in [0.15, 0.2) is 0 Å². The second-order valence-electron chi connectivity index (χ2n) is 16.8. The fourth-order valence-corrected chi connectivity index (χ4v) is 7.93. The number of aliphatic hydroxyl groups excluding tert-OH is 6. The van der Waals surface area contributed by atoms with Crippen molar-refractivity contribution in [1.29, 1.82) is 0 Å². The molecule has 55 heavy (non-hydrogen) atoms. The van der Waals surface area contributed by atoms with E-state index in [2.05, 4.69) is 37.9 Å². The van der Waals surface area contributed by atoms with Crippen molar-refractivity contribution >= 4 is 6.29 Å². The van der Waals surface area contributed by atoms with Gasteiger partial charge in [0, 0.05) is 31.6 Å². The van der Waals surface area contributed by atoms with Crippen LogP contribution in [0.4, 0.5) is 0 Å². The largest absolute Gasteiger partial charge is 0.389 e. The minimum absolute atomic E-state index is 0.000803. The highest BCUT2D eigenvalue weighted by molar-refractivity contribution is 5.48. The molecule has 330 valence electrons. The number of carbonyl (C=O) groups is 1. The normalized spacial score (nSPS) is 25.5. The zero-order chi connectivity index (χ0) is 40.9. The number of aliphatic hydroxyl groups is 6. The Morgan fingerprint density at radius 1 is 0.473 bits per heavy atom. The molecule has 0 aliphatic carbocycles. The number of aldehydes is 1. The molecule has 8 atom stereocenters. The molecular weight excluding hydrogens is 693 g/mol. The topological polar surface area (TPSA) is 154 Å². The molecule has 0 saturated carbocycles. The SMILES string of the molecule is CCCCCCCCC=O.CCCCCCCCC[C@H]1C(O)[C@@H](O)[C@H](O)CN1CCCCCCCCC.CCCCCCCCC[C@H]1NC[C@@H](O)[C@@H](O)C1O. The molecule has 0 spiro atoms. The first-order chi connectivity index (χ1) is 26.7. The summed E-state index contributed by atoms with van der Waals surface area (Å²) in [5.41, 5.74) is 0. The Hall–Kier alpha value is -0.650. The van der Waals surface area contributed by atoms with E-state index in [1.807, 2.05) is 0 Å². The van der Waals surface area contributed by atoms with E-state index in [1.165, 1.54) is 148 Å². The van der Waals surface area contributed by atoms with E-state index >= 15 is 0 Å². The Balaban J connectivity index is 0.000000891. The molecular formula is C46H94N2O7. The van der Waals surface area contributed by atoms with Crippen LogP contribution < -0.4 is 5.32 Å². The fraction of sp³-hybridized carbons (Fsp3) is 0.978. The van der Waals surface area contributed by atoms with Crippen molar-refractivity contribution in [1.82, 2.24) is 10.2 Å². The minimum atomic E-state index is -0.999. The predicted octanol–water partition coefficient (Wildman–Crippen LogP) is 8.76. The Kier molecular flexibility index (Phi) is 38.4. The Bertz CT molecular complexity index is 808. The highest BCUT2D eigenvalue weighted by Gasteiger charge is 2.40. The van der Waals surface area contributed by atoms with Crippen LogP contribution in [0.2, 0.25) is 0 Å². The van der Waals surface area contributed by atoms with Crippen LogP contribution in [0.3, 0.4) is 0 Å². The number of unbranched alkanes of at least 4 members (excludes halogenated alkanes) is 24. The first kappa shape index (κ1) is 54.3. The van der Waals surface area contributed by atoms with Crippen molar-refractivity contribution < 1.29 is 35.4 Å². The maximum atomic E-state index is 10.5. The molecule has 0 radical (unpaired) electrons. The van der Waals surface area contributed by atoms with Crippen molar-refractivity contribution in [3.63, 3.8) is 0 Å². The number of piperidine rings is 2. The molecule has 9 nitrogen and oxygen atoms in total. The van der Waals surface area contributed by atoms with Crippen LogP contribution in [0, 0.1) is 0 Å². The van der Waals surface area contributed by atoms with E-state index in [-0.39, 0.29) is 12.1 Å². The van der Waals surface area contributed by atoms with Gasteiger partial charge in [0.1, 0.15) is 18.5 Å². The Morgan fingerprint density at radius 3 is 1.35 bits per heavy atom. The monoisotopic (exact) mass is 787 g/mol. The van der Waals surface area contributed by atoms with Gasteiger partial charge in [-0.05, 0) is 32.2 Å². The standard InChI is InChI=1S/C23H47NO3.C14H29NO3.C9H18O/c1-3-5-7-9-11-13-15-17-20-22(26)23(27)21(25)19-24(20)18-16-14-12-10-8-6-4-2;1-2-3-4-5-6-7-8-9-11-13(17)14(18)12(16)10-15-11;1-2-3-4-5-6-7-8-9-10/h20-23,25-27H,3-19H2,1-2H3;11-18H,2-10H2,1H3;9H,2-8H2,1H3/t20-,21+,22?,23-;11-,12-,13?,14-;/m01./s1. The zero-order valence-corrected chi connectivity index (χ0v) is 36.6. The molecule has 2 rings (SSSR count). The maximum absolute atomic E-state index is 10.5. The van der Waals surface area contributed by atoms with Crippen LogP contribution >= 0.6 is 0 Å². The number of likely N-dealkylation sites (tertiary alicyclic amines) is 1. The first-order valence-electron chi connectivity index (χ1n) is 23.7. The van der Waals surface area contributed by atoms with Crippen LogP contribution in [-0.4, -0.2) is 110 Å². The predicted molar refractivity (Wildman–Crippen MR) is 230 cm³/mol. The van der Waals surface area contributed by atoms with Crippen molar-refractivity contribution in [2.75, 3.05) is 19.6 Å². The van der Waals surface area contributed by atoms with Gasteiger partial charge in [-0.2, -0.15) is 0 Å². The lowest BCUT2D eigenvalue weighted by Crippen LogP contribution is -2.61. The number of hydrogen-bond acceptors (Lipinski definition) is 9. The van der Waals surface area contributed by atoms with E-state index in [0.717, 1.165) is 57.8 Å². The highest BCUT2D eigenvalue weighted by atomic mass is 16.4. The number of rotatable bonds is 31. The molecule has 2 fully saturated rings. The second kappa shape index (κ2) is 38.8. The van der Waals surface area contributed by atoms with Crippen molar-refractivity contribution in [2.45, 2.75) is 269 Å². The highest BCUT2D eigenvalue weighted by Crippen LogP contribution is 2.25. The summed E-state index contributed by atoms with van der Waals surface area (Å²) in [4.78, 5) is 12.1. The van der Waals surface area contributed by atoms with E-state index in [0.29, 0.717) is 13.1 Å². The molecule has 0 aromatic carbocycles. The average Bonchev–Trinajstić information content (AvgIpc) is 3.18. The molecule has 0 bridgehead atoms. The van der Waals surface area contributed by atoms with Crippen LogP contribution in [0.25, 0.3) is 0 Å². The van der Waals surface area contributed by atoms with Crippen molar-refractivity contribution in [3.8, 4) is 0 Å². The summed E-state index contributed by atoms with van der Waals surface area (Å²) < 4.78 is 0. The van der Waals surface area contributed by atoms with Crippen LogP contribution in [0.1, 0.15) is 220 Å². The van der Waals surface area contributed by atoms with E-state index in [1.54, 1.807) is 0 Å². The molecule has 0 aromatic heterocycles. The lowest BCUT2D eigenvalue weighted by molar-refractivity contribution is -0.138.